The van der Waals surface area contributed by atoms with E-state index in [4.69, 9.17) is 0 Å². The fourth-order valence-corrected chi connectivity index (χ4v) is 3.83. The molecule has 1 N–H and O–H groups in total. The van der Waals surface area contributed by atoms with Crippen molar-refractivity contribution in [2.45, 2.75) is 40.2 Å². The number of aryl methyl sites for hydroxylation is 1. The van der Waals surface area contributed by atoms with Gasteiger partial charge in [-0.2, -0.15) is 0 Å². The number of imidazole rings is 1. The molecule has 1 atom stereocenters. The first-order valence-electron chi connectivity index (χ1n) is 9.23. The van der Waals surface area contributed by atoms with Crippen LogP contribution in [0.15, 0.2) is 30.7 Å². The number of aromatic amines is 1. The molecule has 25 heavy (non-hydrogen) atoms. The van der Waals surface area contributed by atoms with E-state index in [1.54, 1.807) is 6.33 Å². The number of H-pyrrole nitrogens is 1. The summed E-state index contributed by atoms with van der Waals surface area (Å²) in [6, 6.07) is 6.38. The van der Waals surface area contributed by atoms with Gasteiger partial charge in [0.05, 0.1) is 12.9 Å². The Morgan fingerprint density at radius 3 is 2.84 bits per heavy atom. The fraction of sp³-hybridized carbons (Fsp3) is 0.500. The molecule has 0 bridgehead atoms. The lowest BCUT2D eigenvalue weighted by atomic mass is 10.0. The van der Waals surface area contributed by atoms with Crippen LogP contribution in [0.1, 0.15) is 36.6 Å². The molecule has 2 aromatic rings. The Kier molecular flexibility index (Phi) is 5.35. The Labute approximate surface area is 150 Å². The Morgan fingerprint density at radius 1 is 1.32 bits per heavy atom. The highest BCUT2D eigenvalue weighted by Crippen LogP contribution is 2.32. The van der Waals surface area contributed by atoms with Crippen molar-refractivity contribution >= 4 is 11.6 Å². The first kappa shape index (κ1) is 17.8. The van der Waals surface area contributed by atoms with Crippen LogP contribution in [0.5, 0.6) is 0 Å². The minimum Gasteiger partial charge on any atom is -0.347 e. The third-order valence-corrected chi connectivity index (χ3v) is 5.51. The summed E-state index contributed by atoms with van der Waals surface area (Å²) < 4.78 is 0.501. The molecule has 0 saturated carbocycles. The quantitative estimate of drug-likeness (QED) is 0.821. The zero-order chi connectivity index (χ0) is 17.9. The van der Waals surface area contributed by atoms with Gasteiger partial charge in [-0.1, -0.05) is 25.5 Å². The summed E-state index contributed by atoms with van der Waals surface area (Å²) in [4.78, 5) is 22.8. The molecule has 5 heteroatoms. The van der Waals surface area contributed by atoms with Crippen molar-refractivity contribution < 1.29 is 4.79 Å². The number of quaternary nitrogens is 1. The lowest BCUT2D eigenvalue weighted by Gasteiger charge is -2.42. The maximum atomic E-state index is 13.3. The molecule has 1 aliphatic heterocycles. The maximum absolute atomic E-state index is 13.3. The van der Waals surface area contributed by atoms with Crippen molar-refractivity contribution in [3.8, 4) is 0 Å². The van der Waals surface area contributed by atoms with Gasteiger partial charge in [0.25, 0.3) is 0 Å². The van der Waals surface area contributed by atoms with Crippen LogP contribution >= 0.6 is 0 Å². The molecule has 1 saturated heterocycles. The van der Waals surface area contributed by atoms with Crippen LogP contribution < -0.4 is 4.48 Å². The summed E-state index contributed by atoms with van der Waals surface area (Å²) in [6.07, 6.45) is 5.71. The third kappa shape index (κ3) is 3.53. The summed E-state index contributed by atoms with van der Waals surface area (Å²) in [5.74, 6) is 0.313. The Bertz CT molecular complexity index is 725. The van der Waals surface area contributed by atoms with E-state index in [-0.39, 0.29) is 0 Å². The Hall–Kier alpha value is -1.98. The highest BCUT2D eigenvalue weighted by molar-refractivity contribution is 5.91. The Morgan fingerprint density at radius 2 is 2.16 bits per heavy atom. The van der Waals surface area contributed by atoms with Gasteiger partial charge in [-0.15, -0.1) is 0 Å². The van der Waals surface area contributed by atoms with Crippen molar-refractivity contribution in [2.75, 3.05) is 26.2 Å². The van der Waals surface area contributed by atoms with E-state index in [0.717, 1.165) is 44.7 Å². The minimum absolute atomic E-state index is 0.313. The molecule has 1 aliphatic rings. The highest BCUT2D eigenvalue weighted by atomic mass is 16.2. The summed E-state index contributed by atoms with van der Waals surface area (Å²) >= 11 is 0. The number of hydrogen-bond donors (Lipinski definition) is 1. The number of benzene rings is 1. The number of unbranched alkanes of at least 4 members (excludes halogenated alkanes) is 1. The first-order valence-corrected chi connectivity index (χ1v) is 9.23. The van der Waals surface area contributed by atoms with E-state index in [1.807, 2.05) is 6.20 Å². The summed E-state index contributed by atoms with van der Waals surface area (Å²) in [5.41, 5.74) is 4.78. The topological polar surface area (TPSA) is 49.0 Å². The summed E-state index contributed by atoms with van der Waals surface area (Å²) in [6.45, 7) is 10.4. The maximum Gasteiger partial charge on any atom is 0.332 e. The van der Waals surface area contributed by atoms with Gasteiger partial charge in [-0.25, -0.2) is 14.3 Å². The van der Waals surface area contributed by atoms with E-state index >= 15 is 0 Å². The second-order valence-electron chi connectivity index (χ2n) is 7.17. The summed E-state index contributed by atoms with van der Waals surface area (Å²) in [5, 5.41) is 0. The van der Waals surface area contributed by atoms with Crippen LogP contribution in [0.2, 0.25) is 0 Å². The number of aromatic nitrogens is 2. The van der Waals surface area contributed by atoms with Gasteiger partial charge in [-0.05, 0) is 31.9 Å². The molecule has 2 heterocycles. The van der Waals surface area contributed by atoms with E-state index in [0.29, 0.717) is 16.9 Å². The van der Waals surface area contributed by atoms with Gasteiger partial charge in [0.15, 0.2) is 0 Å². The van der Waals surface area contributed by atoms with Gasteiger partial charge in [0.1, 0.15) is 18.8 Å². The molecule has 1 aromatic heterocycles. The zero-order valence-corrected chi connectivity index (χ0v) is 15.6. The predicted octanol–water partition coefficient (Wildman–Crippen LogP) is 3.18. The number of carbonyl (C=O) groups is 1. The second-order valence-corrected chi connectivity index (χ2v) is 7.17. The molecule has 5 nitrogen and oxygen atoms in total. The number of piperazine rings is 1. The van der Waals surface area contributed by atoms with Gasteiger partial charge >= 0.3 is 5.91 Å². The van der Waals surface area contributed by atoms with E-state index in [2.05, 4.69) is 53.8 Å². The molecule has 134 valence electrons. The van der Waals surface area contributed by atoms with Crippen molar-refractivity contribution in [2.24, 2.45) is 0 Å². The minimum atomic E-state index is 0.313. The molecule has 0 unspecified atom stereocenters. The van der Waals surface area contributed by atoms with E-state index < -0.39 is 0 Å². The standard InChI is InChI=1S/C20H29N4O/c1-4-5-10-24(19-8-6-7-16(2)17(19)3)11-9-23(14-20(24)25)13-18-12-21-15-22-18/h6-8,12,15H,4-5,9-11,13-14H2,1-3H3,(H,21,22)/q+1/t24-/m1/s1. The molecule has 0 aliphatic carbocycles. The van der Waals surface area contributed by atoms with E-state index in [9.17, 15) is 4.79 Å². The zero-order valence-electron chi connectivity index (χ0n) is 15.6. The molecule has 3 rings (SSSR count). The number of hydrogen-bond acceptors (Lipinski definition) is 3. The van der Waals surface area contributed by atoms with Crippen LogP contribution in [0, 0.1) is 13.8 Å². The number of amides is 1. The van der Waals surface area contributed by atoms with Crippen molar-refractivity contribution in [3.63, 3.8) is 0 Å². The molecule has 0 spiro atoms. The Balaban J connectivity index is 1.86. The van der Waals surface area contributed by atoms with E-state index in [1.165, 1.54) is 16.8 Å². The van der Waals surface area contributed by atoms with Crippen LogP contribution in [0.4, 0.5) is 5.69 Å². The number of rotatable bonds is 6. The van der Waals surface area contributed by atoms with Crippen LogP contribution in [0.25, 0.3) is 0 Å². The van der Waals surface area contributed by atoms with Crippen molar-refractivity contribution in [1.82, 2.24) is 19.4 Å². The fourth-order valence-electron chi connectivity index (χ4n) is 3.83. The lowest BCUT2D eigenvalue weighted by molar-refractivity contribution is -0.135. The molecule has 1 aromatic carbocycles. The smallest absolute Gasteiger partial charge is 0.332 e. The monoisotopic (exact) mass is 341 g/mol. The largest absolute Gasteiger partial charge is 0.347 e. The first-order chi connectivity index (χ1) is 12.1. The average molecular weight is 341 g/mol. The van der Waals surface area contributed by atoms with Gasteiger partial charge in [0, 0.05) is 30.5 Å². The normalized spacial score (nSPS) is 21.6. The van der Waals surface area contributed by atoms with Gasteiger partial charge in [-0.3, -0.25) is 4.90 Å². The molecule has 1 amide bonds. The third-order valence-electron chi connectivity index (χ3n) is 5.51. The van der Waals surface area contributed by atoms with Gasteiger partial charge in [0.2, 0.25) is 0 Å². The van der Waals surface area contributed by atoms with Crippen LogP contribution in [-0.2, 0) is 11.3 Å². The molecule has 1 fully saturated rings. The highest BCUT2D eigenvalue weighted by Gasteiger charge is 2.44. The lowest BCUT2D eigenvalue weighted by Crippen LogP contribution is -2.65. The number of nitrogens with zero attached hydrogens (tertiary/aromatic N) is 3. The van der Waals surface area contributed by atoms with Crippen LogP contribution in [-0.4, -0.2) is 47.0 Å². The summed E-state index contributed by atoms with van der Waals surface area (Å²) in [7, 11) is 0. The average Bonchev–Trinajstić information content (AvgIpc) is 3.10. The van der Waals surface area contributed by atoms with Crippen LogP contribution in [0.3, 0.4) is 0 Å². The van der Waals surface area contributed by atoms with Crippen molar-refractivity contribution in [3.05, 3.63) is 47.5 Å². The molecular formula is C20H29N4O+. The number of nitrogens with one attached hydrogen (secondary N) is 1. The second kappa shape index (κ2) is 7.50. The van der Waals surface area contributed by atoms with Gasteiger partial charge < -0.3 is 4.98 Å². The molecular weight excluding hydrogens is 312 g/mol. The number of carbonyl (C=O) groups excluding carboxylic acids is 1. The predicted molar refractivity (Wildman–Crippen MR) is 101 cm³/mol. The SMILES string of the molecule is CCCC[N@+]1(c2cccc(C)c2C)CCN(Cc2cnc[nH]2)CC1=O. The van der Waals surface area contributed by atoms with Crippen molar-refractivity contribution in [1.29, 1.82) is 0 Å². The molecule has 0 radical (unpaired) electrons.